The lowest BCUT2D eigenvalue weighted by Crippen LogP contribution is -2.50. The second kappa shape index (κ2) is 9.36. The normalized spacial score (nSPS) is 18.5. The van der Waals surface area contributed by atoms with Gasteiger partial charge in [0.05, 0.1) is 5.92 Å². The van der Waals surface area contributed by atoms with E-state index in [0.717, 1.165) is 25.7 Å². The van der Waals surface area contributed by atoms with Crippen molar-refractivity contribution in [3.8, 4) is 0 Å². The predicted molar refractivity (Wildman–Crippen MR) is 91.9 cm³/mol. The molecule has 0 aliphatic carbocycles. The van der Waals surface area contributed by atoms with E-state index in [1.54, 1.807) is 0 Å². The molecule has 0 aromatic carbocycles. The van der Waals surface area contributed by atoms with Gasteiger partial charge in [-0.25, -0.2) is 0 Å². The maximum absolute atomic E-state index is 12.3. The van der Waals surface area contributed by atoms with E-state index in [2.05, 4.69) is 19.2 Å². The van der Waals surface area contributed by atoms with Crippen molar-refractivity contribution in [2.75, 3.05) is 13.1 Å². The summed E-state index contributed by atoms with van der Waals surface area (Å²) < 4.78 is 0. The number of likely N-dealkylation sites (tertiary alicyclic amines) is 1. The largest absolute Gasteiger partial charge is 0.354 e. The van der Waals surface area contributed by atoms with Crippen molar-refractivity contribution >= 4 is 24.2 Å². The molecule has 0 aromatic rings. The van der Waals surface area contributed by atoms with Crippen molar-refractivity contribution in [2.45, 2.75) is 71.4 Å². The van der Waals surface area contributed by atoms with Gasteiger partial charge in [-0.1, -0.05) is 27.7 Å². The van der Waals surface area contributed by atoms with E-state index in [0.29, 0.717) is 19.5 Å². The molecule has 0 bridgehead atoms. The van der Waals surface area contributed by atoms with Crippen molar-refractivity contribution in [3.05, 3.63) is 0 Å². The second-order valence-electron chi connectivity index (χ2n) is 6.20. The molecule has 1 aliphatic rings. The smallest absolute Gasteiger partial charge is 0.225 e. The summed E-state index contributed by atoms with van der Waals surface area (Å²) in [6, 6.07) is 0.259. The molecule has 22 heavy (non-hydrogen) atoms. The highest BCUT2D eigenvalue weighted by molar-refractivity contribution is 5.89. The van der Waals surface area contributed by atoms with E-state index in [-0.39, 0.29) is 41.7 Å². The Kier molecular flexibility index (Phi) is 9.01. The molecule has 1 aliphatic heterocycles. The number of carbonyl (C=O) groups excluding carboxylic acids is 2. The van der Waals surface area contributed by atoms with Crippen LogP contribution >= 0.6 is 12.4 Å². The monoisotopic (exact) mass is 333 g/mol. The van der Waals surface area contributed by atoms with Crippen LogP contribution in [0.1, 0.15) is 59.8 Å². The Morgan fingerprint density at radius 1 is 1.32 bits per heavy atom. The summed E-state index contributed by atoms with van der Waals surface area (Å²) in [6.07, 6.45) is 3.86. The van der Waals surface area contributed by atoms with Crippen LogP contribution in [0.4, 0.5) is 0 Å². The maximum atomic E-state index is 12.3. The molecule has 2 amide bonds. The first-order chi connectivity index (χ1) is 9.90. The van der Waals surface area contributed by atoms with Gasteiger partial charge in [-0.05, 0) is 25.7 Å². The van der Waals surface area contributed by atoms with Crippen LogP contribution in [0, 0.1) is 5.92 Å². The quantitative estimate of drug-likeness (QED) is 0.714. The molecule has 1 atom stereocenters. The van der Waals surface area contributed by atoms with Gasteiger partial charge in [-0.2, -0.15) is 0 Å². The Balaban J connectivity index is 0.00000441. The van der Waals surface area contributed by atoms with E-state index < -0.39 is 0 Å². The van der Waals surface area contributed by atoms with Crippen LogP contribution < -0.4 is 11.1 Å². The minimum Gasteiger partial charge on any atom is -0.354 e. The van der Waals surface area contributed by atoms with Crippen LogP contribution in [0.25, 0.3) is 0 Å². The van der Waals surface area contributed by atoms with E-state index in [1.807, 2.05) is 18.7 Å². The van der Waals surface area contributed by atoms with Crippen molar-refractivity contribution in [1.29, 1.82) is 0 Å². The number of nitrogens with one attached hydrogen (secondary N) is 1. The number of halogens is 1. The van der Waals surface area contributed by atoms with Crippen LogP contribution in [0.5, 0.6) is 0 Å². The summed E-state index contributed by atoms with van der Waals surface area (Å²) in [5, 5.41) is 2.94. The van der Waals surface area contributed by atoms with Crippen molar-refractivity contribution in [1.82, 2.24) is 10.2 Å². The number of rotatable bonds is 8. The molecule has 1 saturated heterocycles. The highest BCUT2D eigenvalue weighted by Gasteiger charge is 2.37. The minimum atomic E-state index is -0.340. The van der Waals surface area contributed by atoms with Crippen LogP contribution in [0.3, 0.4) is 0 Å². The highest BCUT2D eigenvalue weighted by atomic mass is 35.5. The summed E-state index contributed by atoms with van der Waals surface area (Å²) in [5.41, 5.74) is 5.86. The zero-order chi connectivity index (χ0) is 16.0. The third kappa shape index (κ3) is 5.13. The second-order valence-corrected chi connectivity index (χ2v) is 6.20. The molecule has 0 saturated carbocycles. The first-order valence-corrected chi connectivity index (χ1v) is 8.26. The number of amides is 2. The molecule has 1 heterocycles. The third-order valence-electron chi connectivity index (χ3n) is 4.94. The van der Waals surface area contributed by atoms with Gasteiger partial charge in [0, 0.05) is 31.1 Å². The zero-order valence-corrected chi connectivity index (χ0v) is 15.2. The molecule has 6 heteroatoms. The van der Waals surface area contributed by atoms with Gasteiger partial charge in [0.15, 0.2) is 0 Å². The Morgan fingerprint density at radius 3 is 2.32 bits per heavy atom. The van der Waals surface area contributed by atoms with Crippen molar-refractivity contribution in [2.24, 2.45) is 11.7 Å². The lowest BCUT2D eigenvalue weighted by Gasteiger charge is -2.28. The lowest BCUT2D eigenvalue weighted by molar-refractivity contribution is -0.130. The first kappa shape index (κ1) is 21.2. The number of hydrogen-bond donors (Lipinski definition) is 2. The molecule has 1 unspecified atom stereocenters. The number of nitrogens with zero attached hydrogens (tertiary/aromatic N) is 1. The Morgan fingerprint density at radius 2 is 1.86 bits per heavy atom. The summed E-state index contributed by atoms with van der Waals surface area (Å²) >= 11 is 0. The first-order valence-electron chi connectivity index (χ1n) is 8.26. The number of carbonyl (C=O) groups is 2. The number of nitrogens with two attached hydrogens (primary N) is 1. The van der Waals surface area contributed by atoms with Gasteiger partial charge in [0.1, 0.15) is 0 Å². The molecule has 3 N–H and O–H groups in total. The van der Waals surface area contributed by atoms with E-state index in [1.165, 1.54) is 0 Å². The molecular formula is C16H32ClN3O2. The molecule has 1 rings (SSSR count). The zero-order valence-electron chi connectivity index (χ0n) is 14.4. The summed E-state index contributed by atoms with van der Waals surface area (Å²) in [7, 11) is 0. The molecule has 0 radical (unpaired) electrons. The fourth-order valence-electron chi connectivity index (χ4n) is 2.90. The predicted octanol–water partition coefficient (Wildman–Crippen LogP) is 2.08. The Hall–Kier alpha value is -0.810. The topological polar surface area (TPSA) is 75.4 Å². The fraction of sp³-hybridized carbons (Fsp3) is 0.875. The van der Waals surface area contributed by atoms with Crippen molar-refractivity contribution in [3.63, 3.8) is 0 Å². The standard InChI is InChI=1S/C16H31N3O2.ClH/c1-5-13(6-2)19-10-12(9-14(19)20)15(21)18-11-16(17,7-3)8-4;/h12-13H,5-11,17H2,1-4H3,(H,18,21);1H. The molecule has 130 valence electrons. The summed E-state index contributed by atoms with van der Waals surface area (Å²) in [4.78, 5) is 26.2. The van der Waals surface area contributed by atoms with Crippen LogP contribution in [-0.2, 0) is 9.59 Å². The van der Waals surface area contributed by atoms with E-state index in [4.69, 9.17) is 5.73 Å². The van der Waals surface area contributed by atoms with E-state index in [9.17, 15) is 9.59 Å². The highest BCUT2D eigenvalue weighted by Crippen LogP contribution is 2.23. The lowest BCUT2D eigenvalue weighted by atomic mass is 9.94. The fourth-order valence-corrected chi connectivity index (χ4v) is 2.90. The Labute approximate surface area is 140 Å². The van der Waals surface area contributed by atoms with Crippen LogP contribution in [-0.4, -0.2) is 41.4 Å². The van der Waals surface area contributed by atoms with Gasteiger partial charge < -0.3 is 16.0 Å². The van der Waals surface area contributed by atoms with Gasteiger partial charge in [-0.3, -0.25) is 9.59 Å². The third-order valence-corrected chi connectivity index (χ3v) is 4.94. The molecular weight excluding hydrogens is 302 g/mol. The minimum absolute atomic E-state index is 0. The number of hydrogen-bond acceptors (Lipinski definition) is 3. The molecule has 0 spiro atoms. The molecule has 1 fully saturated rings. The average Bonchev–Trinajstić information content (AvgIpc) is 2.88. The Bertz CT molecular complexity index is 368. The van der Waals surface area contributed by atoms with Crippen LogP contribution in [0.15, 0.2) is 0 Å². The van der Waals surface area contributed by atoms with Crippen LogP contribution in [0.2, 0.25) is 0 Å². The maximum Gasteiger partial charge on any atom is 0.225 e. The van der Waals surface area contributed by atoms with Crippen molar-refractivity contribution < 1.29 is 9.59 Å². The van der Waals surface area contributed by atoms with Gasteiger partial charge in [0.2, 0.25) is 11.8 Å². The summed E-state index contributed by atoms with van der Waals surface area (Å²) in [5.74, 6) is -0.154. The SMILES string of the molecule is CCC(CC)N1CC(C(=O)NCC(N)(CC)CC)CC1=O.Cl. The van der Waals surface area contributed by atoms with E-state index >= 15 is 0 Å². The molecule has 0 aromatic heterocycles. The summed E-state index contributed by atoms with van der Waals surface area (Å²) in [6.45, 7) is 9.26. The average molecular weight is 334 g/mol. The molecule has 5 nitrogen and oxygen atoms in total. The van der Waals surface area contributed by atoms with Gasteiger partial charge in [0.25, 0.3) is 0 Å². The van der Waals surface area contributed by atoms with Gasteiger partial charge >= 0.3 is 0 Å². The van der Waals surface area contributed by atoms with Gasteiger partial charge in [-0.15, -0.1) is 12.4 Å².